The van der Waals surface area contributed by atoms with Crippen LogP contribution in [-0.2, 0) is 4.79 Å². The second-order valence-corrected chi connectivity index (χ2v) is 7.17. The summed E-state index contributed by atoms with van der Waals surface area (Å²) in [6.07, 6.45) is 0. The highest BCUT2D eigenvalue weighted by molar-refractivity contribution is 6.06. The van der Waals surface area contributed by atoms with E-state index in [-0.39, 0.29) is 17.7 Å². The average Bonchev–Trinajstić information content (AvgIpc) is 2.72. The minimum absolute atomic E-state index is 0.0726. The summed E-state index contributed by atoms with van der Waals surface area (Å²) >= 11 is 0. The Kier molecular flexibility index (Phi) is 6.50. The van der Waals surface area contributed by atoms with Gasteiger partial charge in [0.25, 0.3) is 5.91 Å². The van der Waals surface area contributed by atoms with Crippen molar-refractivity contribution in [1.29, 1.82) is 0 Å². The molecule has 29 heavy (non-hydrogen) atoms. The van der Waals surface area contributed by atoms with Crippen LogP contribution in [-0.4, -0.2) is 24.5 Å². The minimum Gasteiger partial charge on any atom is -0.494 e. The Bertz CT molecular complexity index is 991. The number of carbonyl (C=O) groups is 2. The first kappa shape index (κ1) is 20.4. The SMILES string of the molecule is CCOc1ccc(C(=O)N[C@H](C(=O)Nc2cccc3ccccc23)C(C)C)cc1. The molecule has 5 nitrogen and oxygen atoms in total. The Balaban J connectivity index is 1.75. The van der Waals surface area contributed by atoms with Gasteiger partial charge in [-0.1, -0.05) is 50.2 Å². The summed E-state index contributed by atoms with van der Waals surface area (Å²) in [6, 6.07) is 19.9. The maximum Gasteiger partial charge on any atom is 0.251 e. The Morgan fingerprint density at radius 2 is 1.62 bits per heavy atom. The largest absolute Gasteiger partial charge is 0.494 e. The van der Waals surface area contributed by atoms with Crippen LogP contribution < -0.4 is 15.4 Å². The summed E-state index contributed by atoms with van der Waals surface area (Å²) in [5.74, 6) is 0.102. The highest BCUT2D eigenvalue weighted by atomic mass is 16.5. The maximum absolute atomic E-state index is 13.0. The van der Waals surface area contributed by atoms with Crippen molar-refractivity contribution in [3.8, 4) is 5.75 Å². The quantitative estimate of drug-likeness (QED) is 0.618. The molecule has 0 fully saturated rings. The number of carbonyl (C=O) groups excluding carboxylic acids is 2. The monoisotopic (exact) mass is 390 g/mol. The van der Waals surface area contributed by atoms with Gasteiger partial charge in [-0.15, -0.1) is 0 Å². The first-order chi connectivity index (χ1) is 14.0. The number of hydrogen-bond acceptors (Lipinski definition) is 3. The van der Waals surface area contributed by atoms with Crippen molar-refractivity contribution >= 4 is 28.3 Å². The number of benzene rings is 3. The Labute approximate surface area is 171 Å². The highest BCUT2D eigenvalue weighted by Gasteiger charge is 2.25. The molecule has 0 aliphatic heterocycles. The lowest BCUT2D eigenvalue weighted by Crippen LogP contribution is -2.47. The average molecular weight is 390 g/mol. The van der Waals surface area contributed by atoms with Crippen LogP contribution in [0.5, 0.6) is 5.75 Å². The van der Waals surface area contributed by atoms with Crippen molar-refractivity contribution in [1.82, 2.24) is 5.32 Å². The van der Waals surface area contributed by atoms with E-state index in [0.29, 0.717) is 17.9 Å². The van der Waals surface area contributed by atoms with Crippen molar-refractivity contribution < 1.29 is 14.3 Å². The Morgan fingerprint density at radius 1 is 0.931 bits per heavy atom. The standard InChI is InChI=1S/C24H26N2O3/c1-4-29-19-14-12-18(13-15-19)23(27)26-22(16(2)3)24(28)25-21-11-7-9-17-8-5-6-10-20(17)21/h5-16,22H,4H2,1-3H3,(H,25,28)(H,26,27)/t22-/m0/s1. The molecule has 3 aromatic rings. The van der Waals surface area contributed by atoms with E-state index in [0.717, 1.165) is 16.5 Å². The molecule has 0 unspecified atom stereocenters. The normalized spacial score (nSPS) is 11.9. The summed E-state index contributed by atoms with van der Waals surface area (Å²) in [7, 11) is 0. The van der Waals surface area contributed by atoms with Crippen molar-refractivity contribution in [2.24, 2.45) is 5.92 Å². The zero-order chi connectivity index (χ0) is 20.8. The van der Waals surface area contributed by atoms with Gasteiger partial charge in [0.15, 0.2) is 0 Å². The van der Waals surface area contributed by atoms with Crippen molar-refractivity contribution in [2.75, 3.05) is 11.9 Å². The van der Waals surface area contributed by atoms with E-state index >= 15 is 0 Å². The molecule has 2 N–H and O–H groups in total. The number of amides is 2. The van der Waals surface area contributed by atoms with E-state index in [1.54, 1.807) is 24.3 Å². The molecular weight excluding hydrogens is 364 g/mol. The molecule has 5 heteroatoms. The van der Waals surface area contributed by atoms with E-state index < -0.39 is 6.04 Å². The van der Waals surface area contributed by atoms with Crippen LogP contribution in [0.4, 0.5) is 5.69 Å². The number of ether oxygens (including phenoxy) is 1. The molecule has 3 aromatic carbocycles. The van der Waals surface area contributed by atoms with Crippen LogP contribution in [0.25, 0.3) is 10.8 Å². The fourth-order valence-corrected chi connectivity index (χ4v) is 3.17. The van der Waals surface area contributed by atoms with Gasteiger partial charge in [-0.25, -0.2) is 0 Å². The number of rotatable bonds is 7. The van der Waals surface area contributed by atoms with E-state index in [9.17, 15) is 9.59 Å². The Hall–Kier alpha value is -3.34. The zero-order valence-electron chi connectivity index (χ0n) is 16.9. The fraction of sp³-hybridized carbons (Fsp3) is 0.250. The first-order valence-corrected chi connectivity index (χ1v) is 9.82. The third kappa shape index (κ3) is 4.93. The van der Waals surface area contributed by atoms with Gasteiger partial charge in [-0.05, 0) is 48.6 Å². The van der Waals surface area contributed by atoms with Crippen molar-refractivity contribution in [3.05, 3.63) is 72.3 Å². The first-order valence-electron chi connectivity index (χ1n) is 9.82. The second kappa shape index (κ2) is 9.24. The Morgan fingerprint density at radius 3 is 2.31 bits per heavy atom. The maximum atomic E-state index is 13.0. The van der Waals surface area contributed by atoms with E-state index in [1.165, 1.54) is 0 Å². The van der Waals surface area contributed by atoms with Gasteiger partial charge in [0.05, 0.1) is 6.61 Å². The van der Waals surface area contributed by atoms with Crippen LogP contribution in [0.1, 0.15) is 31.1 Å². The molecule has 0 heterocycles. The van der Waals surface area contributed by atoms with Crippen LogP contribution in [0.2, 0.25) is 0 Å². The molecule has 0 aliphatic carbocycles. The summed E-state index contributed by atoms with van der Waals surface area (Å²) < 4.78 is 5.40. The van der Waals surface area contributed by atoms with Gasteiger partial charge in [-0.3, -0.25) is 9.59 Å². The minimum atomic E-state index is -0.659. The van der Waals surface area contributed by atoms with E-state index in [2.05, 4.69) is 10.6 Å². The van der Waals surface area contributed by atoms with Crippen LogP contribution >= 0.6 is 0 Å². The van der Waals surface area contributed by atoms with Gasteiger partial charge < -0.3 is 15.4 Å². The molecule has 3 rings (SSSR count). The third-order valence-electron chi connectivity index (χ3n) is 4.71. The zero-order valence-corrected chi connectivity index (χ0v) is 16.9. The summed E-state index contributed by atoms with van der Waals surface area (Å²) in [4.78, 5) is 25.6. The van der Waals surface area contributed by atoms with Crippen molar-refractivity contribution in [3.63, 3.8) is 0 Å². The third-order valence-corrected chi connectivity index (χ3v) is 4.71. The molecular formula is C24H26N2O3. The van der Waals surface area contributed by atoms with E-state index in [1.807, 2.05) is 63.2 Å². The lowest BCUT2D eigenvalue weighted by Gasteiger charge is -2.22. The lowest BCUT2D eigenvalue weighted by molar-refractivity contribution is -0.118. The number of hydrogen-bond donors (Lipinski definition) is 2. The summed E-state index contributed by atoms with van der Waals surface area (Å²) in [5.41, 5.74) is 1.21. The number of anilines is 1. The van der Waals surface area contributed by atoms with Gasteiger partial charge in [0.1, 0.15) is 11.8 Å². The fourth-order valence-electron chi connectivity index (χ4n) is 3.17. The van der Waals surface area contributed by atoms with Crippen LogP contribution in [0, 0.1) is 5.92 Å². The molecule has 0 aromatic heterocycles. The van der Waals surface area contributed by atoms with Gasteiger partial charge in [0, 0.05) is 16.6 Å². The lowest BCUT2D eigenvalue weighted by atomic mass is 10.0. The van der Waals surface area contributed by atoms with Crippen LogP contribution in [0.15, 0.2) is 66.7 Å². The van der Waals surface area contributed by atoms with Crippen molar-refractivity contribution in [2.45, 2.75) is 26.8 Å². The summed E-state index contributed by atoms with van der Waals surface area (Å²) in [6.45, 7) is 6.29. The number of fused-ring (bicyclic) bond motifs is 1. The molecule has 0 bridgehead atoms. The van der Waals surface area contributed by atoms with Crippen LogP contribution in [0.3, 0.4) is 0 Å². The highest BCUT2D eigenvalue weighted by Crippen LogP contribution is 2.23. The van der Waals surface area contributed by atoms with E-state index in [4.69, 9.17) is 4.74 Å². The topological polar surface area (TPSA) is 67.4 Å². The van der Waals surface area contributed by atoms with Gasteiger partial charge in [0.2, 0.25) is 5.91 Å². The predicted octanol–water partition coefficient (Wildman–Crippen LogP) is 4.63. The molecule has 150 valence electrons. The molecule has 0 radical (unpaired) electrons. The molecule has 2 amide bonds. The molecule has 0 spiro atoms. The van der Waals surface area contributed by atoms with Gasteiger partial charge >= 0.3 is 0 Å². The molecule has 0 aliphatic rings. The van der Waals surface area contributed by atoms with Gasteiger partial charge in [-0.2, -0.15) is 0 Å². The predicted molar refractivity (Wildman–Crippen MR) is 116 cm³/mol. The molecule has 0 saturated heterocycles. The smallest absolute Gasteiger partial charge is 0.251 e. The molecule has 1 atom stereocenters. The summed E-state index contributed by atoms with van der Waals surface area (Å²) in [5, 5.41) is 7.84. The number of nitrogens with one attached hydrogen (secondary N) is 2. The second-order valence-electron chi connectivity index (χ2n) is 7.17. The molecule has 0 saturated carbocycles.